The van der Waals surface area contributed by atoms with Crippen molar-refractivity contribution in [3.05, 3.63) is 17.5 Å². The molecule has 1 rings (SSSR count). The Bertz CT molecular complexity index is 196. The molecule has 0 saturated heterocycles. The van der Waals surface area contributed by atoms with Crippen LogP contribution in [0.5, 0.6) is 0 Å². The Morgan fingerprint density at radius 3 is 2.80 bits per heavy atom. The van der Waals surface area contributed by atoms with Gasteiger partial charge in [0.25, 0.3) is 0 Å². The zero-order valence-corrected chi connectivity index (χ0v) is 7.02. The number of halogens is 1. The number of aryl methyl sites for hydroxylation is 2. The van der Waals surface area contributed by atoms with Crippen molar-refractivity contribution in [3.63, 3.8) is 0 Å². The highest BCUT2D eigenvalue weighted by Crippen LogP contribution is 2.05. The van der Waals surface area contributed by atoms with Crippen LogP contribution in [-0.4, -0.2) is 9.78 Å². The molecule has 1 aromatic rings. The van der Waals surface area contributed by atoms with E-state index in [-0.39, 0.29) is 0 Å². The number of rotatable bonds is 2. The molecule has 0 N–H and O–H groups in total. The molecule has 0 saturated carbocycles. The lowest BCUT2D eigenvalue weighted by Gasteiger charge is -1.97. The van der Waals surface area contributed by atoms with E-state index in [0.29, 0.717) is 5.88 Å². The quantitative estimate of drug-likeness (QED) is 0.602. The van der Waals surface area contributed by atoms with Gasteiger partial charge in [-0.25, -0.2) is 0 Å². The van der Waals surface area contributed by atoms with Crippen LogP contribution in [0.15, 0.2) is 6.07 Å². The Balaban J connectivity index is 2.96. The van der Waals surface area contributed by atoms with Gasteiger partial charge >= 0.3 is 0 Å². The third-order valence-corrected chi connectivity index (χ3v) is 1.70. The maximum absolute atomic E-state index is 5.66. The van der Waals surface area contributed by atoms with Crippen molar-refractivity contribution in [2.75, 3.05) is 0 Å². The summed E-state index contributed by atoms with van der Waals surface area (Å²) in [6.07, 6.45) is 0. The Kier molecular flexibility index (Phi) is 2.33. The molecule has 1 heterocycles. The maximum Gasteiger partial charge on any atom is 0.0644 e. The second-order valence-electron chi connectivity index (χ2n) is 2.23. The summed E-state index contributed by atoms with van der Waals surface area (Å²) < 4.78 is 1.92. The van der Waals surface area contributed by atoms with Gasteiger partial charge in [-0.3, -0.25) is 4.68 Å². The molecule has 0 aliphatic carbocycles. The van der Waals surface area contributed by atoms with Gasteiger partial charge in [0, 0.05) is 6.54 Å². The van der Waals surface area contributed by atoms with Gasteiger partial charge in [0.05, 0.1) is 17.3 Å². The summed E-state index contributed by atoms with van der Waals surface area (Å²) in [5.41, 5.74) is 2.14. The summed E-state index contributed by atoms with van der Waals surface area (Å²) in [7, 11) is 0. The highest BCUT2D eigenvalue weighted by Gasteiger charge is 2.00. The molecule has 2 nitrogen and oxygen atoms in total. The van der Waals surface area contributed by atoms with Crippen molar-refractivity contribution < 1.29 is 0 Å². The Labute approximate surface area is 65.8 Å². The molecule has 0 spiro atoms. The van der Waals surface area contributed by atoms with E-state index in [4.69, 9.17) is 11.6 Å². The molecule has 0 aliphatic heterocycles. The van der Waals surface area contributed by atoms with E-state index < -0.39 is 0 Å². The highest BCUT2D eigenvalue weighted by atomic mass is 35.5. The summed E-state index contributed by atoms with van der Waals surface area (Å²) >= 11 is 5.66. The van der Waals surface area contributed by atoms with E-state index in [0.717, 1.165) is 17.9 Å². The van der Waals surface area contributed by atoms with Crippen LogP contribution in [-0.2, 0) is 12.4 Å². The largest absolute Gasteiger partial charge is 0.268 e. The van der Waals surface area contributed by atoms with Crippen LogP contribution >= 0.6 is 11.6 Å². The van der Waals surface area contributed by atoms with E-state index in [1.807, 2.05) is 17.7 Å². The van der Waals surface area contributed by atoms with Crippen molar-refractivity contribution >= 4 is 11.6 Å². The monoisotopic (exact) mass is 158 g/mol. The van der Waals surface area contributed by atoms with Gasteiger partial charge in [0.15, 0.2) is 0 Å². The molecular weight excluding hydrogens is 148 g/mol. The minimum absolute atomic E-state index is 0.550. The first-order valence-corrected chi connectivity index (χ1v) is 3.90. The molecule has 0 unspecified atom stereocenters. The zero-order valence-electron chi connectivity index (χ0n) is 6.26. The van der Waals surface area contributed by atoms with Crippen molar-refractivity contribution in [1.82, 2.24) is 9.78 Å². The predicted octanol–water partition coefficient (Wildman–Crippen LogP) is 1.95. The fourth-order valence-corrected chi connectivity index (χ4v) is 1.20. The first kappa shape index (κ1) is 7.61. The SMILES string of the molecule is CCn1nc(C)cc1CCl. The summed E-state index contributed by atoms with van der Waals surface area (Å²) in [5, 5.41) is 4.23. The Morgan fingerprint density at radius 1 is 1.70 bits per heavy atom. The molecule has 56 valence electrons. The van der Waals surface area contributed by atoms with Gasteiger partial charge in [0.1, 0.15) is 0 Å². The van der Waals surface area contributed by atoms with Crippen LogP contribution in [0.1, 0.15) is 18.3 Å². The van der Waals surface area contributed by atoms with E-state index in [2.05, 4.69) is 12.0 Å². The Morgan fingerprint density at radius 2 is 2.40 bits per heavy atom. The minimum Gasteiger partial charge on any atom is -0.268 e. The van der Waals surface area contributed by atoms with Crippen LogP contribution in [0.2, 0.25) is 0 Å². The van der Waals surface area contributed by atoms with Crippen molar-refractivity contribution in [3.8, 4) is 0 Å². The topological polar surface area (TPSA) is 17.8 Å². The van der Waals surface area contributed by atoms with Crippen LogP contribution in [0.25, 0.3) is 0 Å². The van der Waals surface area contributed by atoms with Gasteiger partial charge in [-0.15, -0.1) is 11.6 Å². The number of aromatic nitrogens is 2. The molecule has 1 aromatic heterocycles. The van der Waals surface area contributed by atoms with Gasteiger partial charge < -0.3 is 0 Å². The van der Waals surface area contributed by atoms with E-state index >= 15 is 0 Å². The maximum atomic E-state index is 5.66. The first-order valence-electron chi connectivity index (χ1n) is 3.37. The normalized spacial score (nSPS) is 10.3. The standard InChI is InChI=1S/C7H11ClN2/c1-3-10-7(5-8)4-6(2)9-10/h4H,3,5H2,1-2H3. The average Bonchev–Trinajstić information content (AvgIpc) is 2.30. The fourth-order valence-electron chi connectivity index (χ4n) is 0.980. The fraction of sp³-hybridized carbons (Fsp3) is 0.571. The molecule has 0 aromatic carbocycles. The number of alkyl halides is 1. The van der Waals surface area contributed by atoms with Crippen molar-refractivity contribution in [2.45, 2.75) is 26.3 Å². The second-order valence-corrected chi connectivity index (χ2v) is 2.49. The second kappa shape index (κ2) is 3.06. The van der Waals surface area contributed by atoms with E-state index in [1.165, 1.54) is 0 Å². The van der Waals surface area contributed by atoms with Crippen molar-refractivity contribution in [1.29, 1.82) is 0 Å². The molecule has 0 amide bonds. The summed E-state index contributed by atoms with van der Waals surface area (Å²) in [4.78, 5) is 0. The van der Waals surface area contributed by atoms with Gasteiger partial charge in [0.2, 0.25) is 0 Å². The zero-order chi connectivity index (χ0) is 7.56. The van der Waals surface area contributed by atoms with Crippen LogP contribution in [0.4, 0.5) is 0 Å². The number of hydrogen-bond acceptors (Lipinski definition) is 1. The lowest BCUT2D eigenvalue weighted by Crippen LogP contribution is -2.00. The van der Waals surface area contributed by atoms with Crippen LogP contribution in [0.3, 0.4) is 0 Å². The lowest BCUT2D eigenvalue weighted by molar-refractivity contribution is 0.631. The minimum atomic E-state index is 0.550. The van der Waals surface area contributed by atoms with Gasteiger partial charge in [-0.1, -0.05) is 0 Å². The average molecular weight is 159 g/mol. The number of nitrogens with zero attached hydrogens (tertiary/aromatic N) is 2. The first-order chi connectivity index (χ1) is 4.77. The molecule has 0 aliphatic rings. The molecule has 10 heavy (non-hydrogen) atoms. The molecule has 0 bridgehead atoms. The summed E-state index contributed by atoms with van der Waals surface area (Å²) in [6.45, 7) is 4.93. The smallest absolute Gasteiger partial charge is 0.0644 e. The third kappa shape index (κ3) is 1.32. The van der Waals surface area contributed by atoms with Crippen LogP contribution < -0.4 is 0 Å². The van der Waals surface area contributed by atoms with Crippen LogP contribution in [0, 0.1) is 6.92 Å². The highest BCUT2D eigenvalue weighted by molar-refractivity contribution is 6.16. The predicted molar refractivity (Wildman–Crippen MR) is 42.2 cm³/mol. The lowest BCUT2D eigenvalue weighted by atomic mass is 10.4. The van der Waals surface area contributed by atoms with E-state index in [1.54, 1.807) is 0 Å². The molecule has 3 heteroatoms. The number of hydrogen-bond donors (Lipinski definition) is 0. The molecular formula is C7H11ClN2. The van der Waals surface area contributed by atoms with E-state index in [9.17, 15) is 0 Å². The van der Waals surface area contributed by atoms with Crippen molar-refractivity contribution in [2.24, 2.45) is 0 Å². The molecule has 0 atom stereocenters. The van der Waals surface area contributed by atoms with Gasteiger partial charge in [-0.05, 0) is 19.9 Å². The third-order valence-electron chi connectivity index (χ3n) is 1.42. The summed E-state index contributed by atoms with van der Waals surface area (Å²) in [5.74, 6) is 0.550. The van der Waals surface area contributed by atoms with Gasteiger partial charge in [-0.2, -0.15) is 5.10 Å². The molecule has 0 fully saturated rings. The molecule has 0 radical (unpaired) electrons. The Hall–Kier alpha value is -0.500. The summed E-state index contributed by atoms with van der Waals surface area (Å²) in [6, 6.07) is 2.01.